The third kappa shape index (κ3) is 6.26. The SMILES string of the molecule is COc1ccc2c(c1)nc(S(=O)Cc1ncc(C)c(OC)c1C)n2S(=O)(=O)c1ccc(OCC(=O)Nc2ccccn2)cc1. The Labute approximate surface area is 256 Å². The van der Waals surface area contributed by atoms with Gasteiger partial charge in [0.2, 0.25) is 5.16 Å². The average molecular weight is 636 g/mol. The van der Waals surface area contributed by atoms with Crippen LogP contribution in [0.15, 0.2) is 83.1 Å². The Morgan fingerprint density at radius 3 is 2.41 bits per heavy atom. The molecular formula is C30H29N5O7S2. The lowest BCUT2D eigenvalue weighted by molar-refractivity contribution is -0.118. The minimum atomic E-state index is -4.30. The zero-order valence-corrected chi connectivity index (χ0v) is 25.9. The lowest BCUT2D eigenvalue weighted by Gasteiger charge is -2.13. The highest BCUT2D eigenvalue weighted by Crippen LogP contribution is 2.31. The van der Waals surface area contributed by atoms with Gasteiger partial charge in [-0.25, -0.2) is 22.4 Å². The van der Waals surface area contributed by atoms with Crippen molar-refractivity contribution in [2.45, 2.75) is 29.7 Å². The van der Waals surface area contributed by atoms with Gasteiger partial charge in [0.1, 0.15) is 23.1 Å². The normalized spacial score (nSPS) is 12.1. The van der Waals surface area contributed by atoms with E-state index in [1.807, 2.05) is 13.8 Å². The number of ether oxygens (including phenoxy) is 3. The van der Waals surface area contributed by atoms with E-state index in [9.17, 15) is 17.4 Å². The average Bonchev–Trinajstić information content (AvgIpc) is 3.42. The van der Waals surface area contributed by atoms with Gasteiger partial charge in [-0.1, -0.05) is 6.07 Å². The summed E-state index contributed by atoms with van der Waals surface area (Å²) in [6.45, 7) is 3.35. The number of imidazole rings is 1. The van der Waals surface area contributed by atoms with Crippen LogP contribution in [0.4, 0.5) is 5.82 Å². The summed E-state index contributed by atoms with van der Waals surface area (Å²) in [6.07, 6.45) is 3.17. The van der Waals surface area contributed by atoms with E-state index in [0.29, 0.717) is 34.1 Å². The first kappa shape index (κ1) is 30.6. The summed E-state index contributed by atoms with van der Waals surface area (Å²) in [5.41, 5.74) is 2.54. The number of aromatic nitrogens is 4. The van der Waals surface area contributed by atoms with Gasteiger partial charge in [0.25, 0.3) is 15.9 Å². The molecule has 0 bridgehead atoms. The molecule has 5 aromatic rings. The topological polar surface area (TPSA) is 152 Å². The van der Waals surface area contributed by atoms with Crippen molar-refractivity contribution in [1.29, 1.82) is 0 Å². The molecule has 0 saturated carbocycles. The molecule has 0 spiro atoms. The Morgan fingerprint density at radius 2 is 1.73 bits per heavy atom. The smallest absolute Gasteiger partial charge is 0.270 e. The van der Waals surface area contributed by atoms with Crippen LogP contribution < -0.4 is 19.5 Å². The standard InChI is InChI=1S/C30H29N5O7S2/c1-19-16-32-25(20(2)29(19)41-4)18-43(37)30-33-24-15-22(40-3)10-13-26(24)35(30)44(38,39)23-11-8-21(9-12-23)42-17-28(36)34-27-7-5-6-14-31-27/h5-16H,17-18H2,1-4H3,(H,31,34,36). The van der Waals surface area contributed by atoms with Gasteiger partial charge in [-0.05, 0) is 62.4 Å². The second kappa shape index (κ2) is 12.8. The maximum absolute atomic E-state index is 14.0. The Balaban J connectivity index is 1.45. The van der Waals surface area contributed by atoms with Gasteiger partial charge in [0.05, 0.1) is 52.4 Å². The highest BCUT2D eigenvalue weighted by atomic mass is 32.2. The minimum absolute atomic E-state index is 0.0915. The van der Waals surface area contributed by atoms with Crippen LogP contribution in [0.1, 0.15) is 16.8 Å². The third-order valence-electron chi connectivity index (χ3n) is 6.68. The zero-order chi connectivity index (χ0) is 31.4. The molecule has 3 aromatic heterocycles. The number of benzene rings is 2. The van der Waals surface area contributed by atoms with Gasteiger partial charge in [0.15, 0.2) is 6.61 Å². The molecule has 14 heteroatoms. The molecule has 0 aliphatic carbocycles. The lowest BCUT2D eigenvalue weighted by atomic mass is 10.1. The minimum Gasteiger partial charge on any atom is -0.497 e. The quantitative estimate of drug-likeness (QED) is 0.225. The van der Waals surface area contributed by atoms with Crippen molar-refractivity contribution in [3.8, 4) is 17.2 Å². The highest BCUT2D eigenvalue weighted by Gasteiger charge is 2.28. The molecule has 0 aliphatic rings. The summed E-state index contributed by atoms with van der Waals surface area (Å²) in [4.78, 5) is 25.0. The molecule has 3 heterocycles. The largest absolute Gasteiger partial charge is 0.497 e. The molecule has 2 aromatic carbocycles. The summed E-state index contributed by atoms with van der Waals surface area (Å²) in [7, 11) is -3.19. The Kier molecular flexibility index (Phi) is 8.92. The summed E-state index contributed by atoms with van der Waals surface area (Å²) < 4.78 is 59.2. The van der Waals surface area contributed by atoms with Crippen LogP contribution in [0.2, 0.25) is 0 Å². The maximum Gasteiger partial charge on any atom is 0.270 e. The van der Waals surface area contributed by atoms with Crippen molar-refractivity contribution in [3.63, 3.8) is 0 Å². The van der Waals surface area contributed by atoms with Gasteiger partial charge >= 0.3 is 0 Å². The van der Waals surface area contributed by atoms with E-state index in [2.05, 4.69) is 20.3 Å². The molecule has 1 amide bonds. The molecule has 5 rings (SSSR count). The summed E-state index contributed by atoms with van der Waals surface area (Å²) in [5.74, 6) is 1.22. The van der Waals surface area contributed by atoms with E-state index in [1.54, 1.807) is 55.9 Å². The van der Waals surface area contributed by atoms with E-state index in [4.69, 9.17) is 14.2 Å². The molecule has 228 valence electrons. The third-order valence-corrected chi connectivity index (χ3v) is 9.73. The van der Waals surface area contributed by atoms with Crippen molar-refractivity contribution in [3.05, 3.63) is 89.9 Å². The molecule has 12 nitrogen and oxygen atoms in total. The number of pyridine rings is 2. The zero-order valence-electron chi connectivity index (χ0n) is 24.3. The highest BCUT2D eigenvalue weighted by molar-refractivity contribution is 7.91. The maximum atomic E-state index is 14.0. The first-order chi connectivity index (χ1) is 21.1. The number of nitrogens with one attached hydrogen (secondary N) is 1. The Hall–Kier alpha value is -4.82. The second-order valence-electron chi connectivity index (χ2n) is 9.58. The fourth-order valence-corrected chi connectivity index (χ4v) is 7.55. The van der Waals surface area contributed by atoms with Gasteiger partial charge in [-0.3, -0.25) is 14.0 Å². The van der Waals surface area contributed by atoms with Crippen LogP contribution in [0.5, 0.6) is 17.2 Å². The van der Waals surface area contributed by atoms with E-state index >= 15 is 0 Å². The Bertz CT molecular complexity index is 1960. The first-order valence-corrected chi connectivity index (χ1v) is 16.0. The van der Waals surface area contributed by atoms with Crippen LogP contribution in [0, 0.1) is 13.8 Å². The molecule has 0 aliphatic heterocycles. The number of fused-ring (bicyclic) bond motifs is 1. The van der Waals surface area contributed by atoms with Crippen LogP contribution in [0.3, 0.4) is 0 Å². The molecule has 1 unspecified atom stereocenters. The molecule has 0 saturated heterocycles. The summed E-state index contributed by atoms with van der Waals surface area (Å²) in [6, 6.07) is 15.4. The number of aryl methyl sites for hydroxylation is 1. The van der Waals surface area contributed by atoms with E-state index in [-0.39, 0.29) is 33.7 Å². The van der Waals surface area contributed by atoms with Crippen LogP contribution in [-0.4, -0.2) is 58.3 Å². The number of rotatable bonds is 11. The fraction of sp³-hybridized carbons (Fsp3) is 0.200. The van der Waals surface area contributed by atoms with Crippen LogP contribution >= 0.6 is 0 Å². The van der Waals surface area contributed by atoms with Crippen molar-refractivity contribution in [2.24, 2.45) is 0 Å². The number of hydrogen-bond donors (Lipinski definition) is 1. The van der Waals surface area contributed by atoms with Crippen molar-refractivity contribution in [1.82, 2.24) is 18.9 Å². The molecule has 44 heavy (non-hydrogen) atoms. The Morgan fingerprint density at radius 1 is 0.977 bits per heavy atom. The van der Waals surface area contributed by atoms with Gasteiger partial charge in [-0.2, -0.15) is 0 Å². The molecule has 0 fully saturated rings. The molecular weight excluding hydrogens is 606 g/mol. The number of anilines is 1. The number of carbonyl (C=O) groups excluding carboxylic acids is 1. The first-order valence-electron chi connectivity index (χ1n) is 13.3. The van der Waals surface area contributed by atoms with E-state index in [1.165, 1.54) is 31.4 Å². The van der Waals surface area contributed by atoms with Gasteiger partial charge in [-0.15, -0.1) is 0 Å². The van der Waals surface area contributed by atoms with Crippen LogP contribution in [0.25, 0.3) is 11.0 Å². The van der Waals surface area contributed by atoms with Gasteiger partial charge in [0, 0.05) is 29.6 Å². The summed E-state index contributed by atoms with van der Waals surface area (Å²) in [5, 5.41) is 2.44. The van der Waals surface area contributed by atoms with E-state index < -0.39 is 26.7 Å². The number of methoxy groups -OCH3 is 2. The van der Waals surface area contributed by atoms with Crippen molar-refractivity contribution < 1.29 is 31.6 Å². The van der Waals surface area contributed by atoms with Gasteiger partial charge < -0.3 is 19.5 Å². The van der Waals surface area contributed by atoms with Crippen LogP contribution in [-0.2, 0) is 31.4 Å². The predicted octanol–water partition coefficient (Wildman–Crippen LogP) is 4.02. The molecule has 1 N–H and O–H groups in total. The number of hydrogen-bond acceptors (Lipinski definition) is 10. The molecule has 0 radical (unpaired) electrons. The fourth-order valence-electron chi connectivity index (χ4n) is 4.50. The monoisotopic (exact) mass is 635 g/mol. The number of amides is 1. The predicted molar refractivity (Wildman–Crippen MR) is 164 cm³/mol. The van der Waals surface area contributed by atoms with Crippen molar-refractivity contribution >= 4 is 43.6 Å². The van der Waals surface area contributed by atoms with E-state index in [0.717, 1.165) is 9.54 Å². The summed E-state index contributed by atoms with van der Waals surface area (Å²) >= 11 is 0. The van der Waals surface area contributed by atoms with Crippen molar-refractivity contribution in [2.75, 3.05) is 26.1 Å². The lowest BCUT2D eigenvalue weighted by Crippen LogP contribution is -2.20. The number of carbonyl (C=O) groups is 1. The second-order valence-corrected chi connectivity index (χ2v) is 12.7. The number of nitrogens with zero attached hydrogens (tertiary/aromatic N) is 4. The molecule has 1 atom stereocenters.